The smallest absolute Gasteiger partial charge is 0.270 e. The quantitative estimate of drug-likeness (QED) is 0.0784. The summed E-state index contributed by atoms with van der Waals surface area (Å²) in [5, 5.41) is 13.7. The van der Waals surface area contributed by atoms with Gasteiger partial charge in [-0.05, 0) is 59.8 Å². The lowest BCUT2D eigenvalue weighted by Gasteiger charge is -2.29. The van der Waals surface area contributed by atoms with Crippen molar-refractivity contribution in [2.75, 3.05) is 4.90 Å². The molecule has 6 rings (SSSR count). The molecular weight excluding hydrogens is 567 g/mol. The highest BCUT2D eigenvalue weighted by atomic mass is 32.1. The number of carbonyl (C=O) groups excluding carboxylic acids is 2. The van der Waals surface area contributed by atoms with Crippen LogP contribution in [0.15, 0.2) is 121 Å². The molecule has 43 heavy (non-hydrogen) atoms. The first-order valence-corrected chi connectivity index (χ1v) is 13.5. The topological polar surface area (TPSA) is 97.5 Å². The van der Waals surface area contributed by atoms with Gasteiger partial charge in [-0.1, -0.05) is 72.8 Å². The van der Waals surface area contributed by atoms with Gasteiger partial charge in [0.15, 0.2) is 5.11 Å². The van der Waals surface area contributed by atoms with Crippen molar-refractivity contribution < 1.29 is 18.9 Å². The van der Waals surface area contributed by atoms with E-state index in [1.54, 1.807) is 18.2 Å². The van der Waals surface area contributed by atoms with Crippen LogP contribution in [0.5, 0.6) is 0 Å². The summed E-state index contributed by atoms with van der Waals surface area (Å²) in [5.74, 6) is -2.16. The number of carbonyl (C=O) groups is 2. The van der Waals surface area contributed by atoms with Gasteiger partial charge >= 0.3 is 0 Å². The van der Waals surface area contributed by atoms with Crippen LogP contribution in [0.2, 0.25) is 0 Å². The first-order chi connectivity index (χ1) is 20.8. The number of nitrogens with zero attached hydrogens (tertiary/aromatic N) is 3. The lowest BCUT2D eigenvalue weighted by Crippen LogP contribution is -2.54. The normalized spacial score (nSPS) is 14.2. The molecule has 1 N–H and O–H groups in total. The zero-order valence-electron chi connectivity index (χ0n) is 22.3. The molecule has 1 aliphatic heterocycles. The molecule has 0 radical (unpaired) electrons. The molecule has 10 heteroatoms. The van der Waals surface area contributed by atoms with Crippen molar-refractivity contribution in [3.05, 3.63) is 142 Å². The number of non-ortho nitro benzene ring substituents is 1. The van der Waals surface area contributed by atoms with Gasteiger partial charge in [-0.25, -0.2) is 9.29 Å². The fourth-order valence-electron chi connectivity index (χ4n) is 5.01. The molecule has 210 valence electrons. The van der Waals surface area contributed by atoms with Crippen LogP contribution in [0.4, 0.5) is 15.8 Å². The Kier molecular flexibility index (Phi) is 7.19. The monoisotopic (exact) mass is 588 g/mol. The first-order valence-electron chi connectivity index (χ1n) is 13.1. The zero-order valence-corrected chi connectivity index (χ0v) is 23.1. The molecular formula is C33H21FN4O4S. The van der Waals surface area contributed by atoms with Crippen molar-refractivity contribution in [3.8, 4) is 28.2 Å². The van der Waals surface area contributed by atoms with E-state index in [0.29, 0.717) is 22.6 Å². The number of nitrogens with one attached hydrogen (secondary N) is 1. The van der Waals surface area contributed by atoms with Crippen molar-refractivity contribution in [1.82, 2.24) is 9.88 Å². The molecule has 1 aliphatic rings. The fourth-order valence-corrected chi connectivity index (χ4v) is 5.28. The van der Waals surface area contributed by atoms with Gasteiger partial charge in [-0.3, -0.25) is 25.0 Å². The molecule has 0 bridgehead atoms. The Labute approximate surface area is 250 Å². The Hall–Kier alpha value is -5.74. The minimum atomic E-state index is -0.776. The second-order valence-corrected chi connectivity index (χ2v) is 9.97. The third-order valence-corrected chi connectivity index (χ3v) is 7.25. The fraction of sp³-hybridized carbons (Fsp3) is 0. The molecule has 4 aromatic carbocycles. The van der Waals surface area contributed by atoms with Crippen molar-refractivity contribution >= 4 is 46.6 Å². The van der Waals surface area contributed by atoms with Gasteiger partial charge in [-0.2, -0.15) is 0 Å². The maximum atomic E-state index is 14.7. The van der Waals surface area contributed by atoms with Crippen LogP contribution >= 0.6 is 12.2 Å². The zero-order chi connectivity index (χ0) is 30.1. The van der Waals surface area contributed by atoms with Crippen LogP contribution in [0, 0.1) is 15.9 Å². The number of nitro benzene ring substituents is 1. The molecule has 2 heterocycles. The Balaban J connectivity index is 1.60. The maximum absolute atomic E-state index is 14.7. The number of nitro groups is 1. The largest absolute Gasteiger partial charge is 0.309 e. The molecule has 0 unspecified atom stereocenters. The van der Waals surface area contributed by atoms with Gasteiger partial charge < -0.3 is 4.57 Å². The van der Waals surface area contributed by atoms with E-state index in [1.807, 2.05) is 71.3 Å². The van der Waals surface area contributed by atoms with Crippen LogP contribution in [0.25, 0.3) is 34.3 Å². The summed E-state index contributed by atoms with van der Waals surface area (Å²) in [6, 6.07) is 32.5. The van der Waals surface area contributed by atoms with E-state index in [2.05, 4.69) is 5.32 Å². The van der Waals surface area contributed by atoms with Crippen molar-refractivity contribution in [2.45, 2.75) is 0 Å². The average molecular weight is 589 g/mol. The molecule has 1 fully saturated rings. The highest BCUT2D eigenvalue weighted by Crippen LogP contribution is 2.38. The first kappa shape index (κ1) is 27.4. The minimum Gasteiger partial charge on any atom is -0.309 e. The number of benzene rings is 4. The van der Waals surface area contributed by atoms with Gasteiger partial charge in [0.2, 0.25) is 0 Å². The highest BCUT2D eigenvalue weighted by molar-refractivity contribution is 7.80. The van der Waals surface area contributed by atoms with E-state index >= 15 is 0 Å². The van der Waals surface area contributed by atoms with E-state index in [0.717, 1.165) is 16.0 Å². The second kappa shape index (κ2) is 11.3. The number of thiocarbonyl (C=S) groups is 1. The molecule has 0 aliphatic carbocycles. The number of hydrogen-bond acceptors (Lipinski definition) is 5. The Morgan fingerprint density at radius 3 is 2.05 bits per heavy atom. The Bertz CT molecular complexity index is 1940. The van der Waals surface area contributed by atoms with Crippen LogP contribution in [-0.2, 0) is 9.59 Å². The summed E-state index contributed by atoms with van der Waals surface area (Å²) >= 11 is 5.25. The van der Waals surface area contributed by atoms with Gasteiger partial charge in [0.25, 0.3) is 17.5 Å². The standard InChI is InChI=1S/C33H21FN4O4S/c34-27-13-7-8-14-28(27)37-32(40)26(31(39)35-33(37)43)19-23-20-29(21-9-3-1-4-10-21)36(30(23)22-11-5-2-6-12-22)24-15-17-25(18-16-24)38(41)42/h1-20H,(H,35,39,43)/b26-19-. The summed E-state index contributed by atoms with van der Waals surface area (Å²) in [7, 11) is 0. The number of aromatic nitrogens is 1. The molecule has 5 aromatic rings. The van der Waals surface area contributed by atoms with Crippen molar-refractivity contribution in [2.24, 2.45) is 0 Å². The number of rotatable bonds is 6. The van der Waals surface area contributed by atoms with Crippen LogP contribution in [-0.4, -0.2) is 26.4 Å². The molecule has 0 spiro atoms. The van der Waals surface area contributed by atoms with E-state index in [9.17, 15) is 24.1 Å². The molecule has 1 saturated heterocycles. The van der Waals surface area contributed by atoms with Gasteiger partial charge in [-0.15, -0.1) is 0 Å². The predicted molar refractivity (Wildman–Crippen MR) is 166 cm³/mol. The number of anilines is 1. The van der Waals surface area contributed by atoms with Crippen molar-refractivity contribution in [1.29, 1.82) is 0 Å². The third kappa shape index (κ3) is 5.11. The van der Waals surface area contributed by atoms with Gasteiger partial charge in [0.1, 0.15) is 11.4 Å². The molecule has 2 amide bonds. The average Bonchev–Trinajstić information content (AvgIpc) is 3.40. The van der Waals surface area contributed by atoms with E-state index in [4.69, 9.17) is 12.2 Å². The number of halogens is 1. The van der Waals surface area contributed by atoms with Gasteiger partial charge in [0, 0.05) is 23.4 Å². The van der Waals surface area contributed by atoms with Crippen molar-refractivity contribution in [3.63, 3.8) is 0 Å². The summed E-state index contributed by atoms with van der Waals surface area (Å²) in [6.07, 6.45) is 1.46. The lowest BCUT2D eigenvalue weighted by molar-refractivity contribution is -0.384. The van der Waals surface area contributed by atoms with Gasteiger partial charge in [0.05, 0.1) is 22.0 Å². The Morgan fingerprint density at radius 1 is 0.814 bits per heavy atom. The van der Waals surface area contributed by atoms with E-state index < -0.39 is 22.6 Å². The number of amides is 2. The predicted octanol–water partition coefficient (Wildman–Crippen LogP) is 6.69. The molecule has 0 atom stereocenters. The van der Waals surface area contributed by atoms with Crippen LogP contribution < -0.4 is 10.2 Å². The Morgan fingerprint density at radius 2 is 1.42 bits per heavy atom. The summed E-state index contributed by atoms with van der Waals surface area (Å²) in [6.45, 7) is 0. The maximum Gasteiger partial charge on any atom is 0.270 e. The number of hydrogen-bond donors (Lipinski definition) is 1. The molecule has 8 nitrogen and oxygen atoms in total. The summed E-state index contributed by atoms with van der Waals surface area (Å²) in [5.41, 5.74) is 3.70. The SMILES string of the molecule is O=C1NC(=S)N(c2ccccc2F)C(=O)/C1=C\c1cc(-c2ccccc2)n(-c2ccc([N+](=O)[O-])cc2)c1-c1ccccc1. The van der Waals surface area contributed by atoms with E-state index in [-0.39, 0.29) is 22.1 Å². The van der Waals surface area contributed by atoms with Crippen LogP contribution in [0.3, 0.4) is 0 Å². The second-order valence-electron chi connectivity index (χ2n) is 9.58. The summed E-state index contributed by atoms with van der Waals surface area (Å²) in [4.78, 5) is 38.8. The van der Waals surface area contributed by atoms with Crippen LogP contribution in [0.1, 0.15) is 5.56 Å². The lowest BCUT2D eigenvalue weighted by atomic mass is 10.0. The third-order valence-electron chi connectivity index (χ3n) is 6.96. The van der Waals surface area contributed by atoms with E-state index in [1.165, 1.54) is 36.4 Å². The number of para-hydroxylation sites is 1. The summed E-state index contributed by atoms with van der Waals surface area (Å²) < 4.78 is 16.7. The minimum absolute atomic E-state index is 0.0607. The molecule has 0 saturated carbocycles. The highest BCUT2D eigenvalue weighted by Gasteiger charge is 2.36. The molecule has 1 aromatic heterocycles.